The van der Waals surface area contributed by atoms with Crippen LogP contribution in [-0.2, 0) is 6.54 Å². The third-order valence-electron chi connectivity index (χ3n) is 4.70. The van der Waals surface area contributed by atoms with Crippen LogP contribution in [-0.4, -0.2) is 30.1 Å². The van der Waals surface area contributed by atoms with Crippen molar-refractivity contribution < 1.29 is 0 Å². The minimum Gasteiger partial charge on any atom is -0.311 e. The van der Waals surface area contributed by atoms with E-state index in [0.29, 0.717) is 23.9 Å². The molecule has 1 aliphatic rings. The van der Waals surface area contributed by atoms with Gasteiger partial charge in [0.25, 0.3) is 0 Å². The summed E-state index contributed by atoms with van der Waals surface area (Å²) in [6.45, 7) is 14.9. The van der Waals surface area contributed by atoms with Crippen molar-refractivity contribution in [1.82, 2.24) is 10.2 Å². The van der Waals surface area contributed by atoms with E-state index >= 15 is 0 Å². The van der Waals surface area contributed by atoms with Crippen molar-refractivity contribution in [2.24, 2.45) is 11.8 Å². The number of benzene rings is 1. The molecular weight excluding hydrogens is 244 g/mol. The monoisotopic (exact) mass is 274 g/mol. The fraction of sp³-hybridized carbons (Fsp3) is 0.667. The molecule has 2 unspecified atom stereocenters. The first kappa shape index (κ1) is 15.5. The summed E-state index contributed by atoms with van der Waals surface area (Å²) >= 11 is 0. The minimum atomic E-state index is 0.619. The Kier molecular flexibility index (Phi) is 5.22. The summed E-state index contributed by atoms with van der Waals surface area (Å²) in [5.74, 6) is 1.39. The van der Waals surface area contributed by atoms with Crippen molar-refractivity contribution in [1.29, 1.82) is 0 Å². The Morgan fingerprint density at radius 1 is 1.15 bits per heavy atom. The van der Waals surface area contributed by atoms with Gasteiger partial charge in [-0.3, -0.25) is 4.90 Å². The van der Waals surface area contributed by atoms with Gasteiger partial charge in [-0.1, -0.05) is 52.0 Å². The van der Waals surface area contributed by atoms with Gasteiger partial charge in [0.1, 0.15) is 0 Å². The normalized spacial score (nSPS) is 24.6. The molecule has 1 saturated heterocycles. The highest BCUT2D eigenvalue weighted by Gasteiger charge is 2.31. The van der Waals surface area contributed by atoms with Crippen LogP contribution in [0.15, 0.2) is 24.3 Å². The summed E-state index contributed by atoms with van der Waals surface area (Å²) in [7, 11) is 0. The number of hydrogen-bond acceptors (Lipinski definition) is 2. The molecule has 2 rings (SSSR count). The predicted molar refractivity (Wildman–Crippen MR) is 86.8 cm³/mol. The maximum absolute atomic E-state index is 3.74. The molecule has 20 heavy (non-hydrogen) atoms. The number of nitrogens with one attached hydrogen (secondary N) is 1. The summed E-state index contributed by atoms with van der Waals surface area (Å²) in [5.41, 5.74) is 2.89. The molecule has 112 valence electrons. The Bertz CT molecular complexity index is 425. The summed E-state index contributed by atoms with van der Waals surface area (Å²) in [6, 6.07) is 10.1. The lowest BCUT2D eigenvalue weighted by Crippen LogP contribution is -2.59. The molecule has 1 heterocycles. The summed E-state index contributed by atoms with van der Waals surface area (Å²) < 4.78 is 0. The van der Waals surface area contributed by atoms with E-state index in [-0.39, 0.29) is 0 Å². The molecule has 0 aliphatic carbocycles. The van der Waals surface area contributed by atoms with Crippen LogP contribution in [0.5, 0.6) is 0 Å². The van der Waals surface area contributed by atoms with Crippen molar-refractivity contribution in [2.45, 2.75) is 53.2 Å². The molecule has 0 radical (unpaired) electrons. The molecule has 2 atom stereocenters. The first-order chi connectivity index (χ1) is 9.49. The lowest BCUT2D eigenvalue weighted by atomic mass is 9.93. The van der Waals surface area contributed by atoms with Gasteiger partial charge in [0.15, 0.2) is 0 Å². The van der Waals surface area contributed by atoms with Crippen LogP contribution in [0.3, 0.4) is 0 Å². The van der Waals surface area contributed by atoms with E-state index < -0.39 is 0 Å². The van der Waals surface area contributed by atoms with Gasteiger partial charge >= 0.3 is 0 Å². The molecule has 0 saturated carbocycles. The average Bonchev–Trinajstić information content (AvgIpc) is 2.41. The van der Waals surface area contributed by atoms with E-state index in [1.807, 2.05) is 0 Å². The van der Waals surface area contributed by atoms with Crippen LogP contribution < -0.4 is 5.32 Å². The van der Waals surface area contributed by atoms with Gasteiger partial charge in [0.2, 0.25) is 0 Å². The summed E-state index contributed by atoms with van der Waals surface area (Å²) in [5, 5.41) is 3.74. The Balaban J connectivity index is 2.13. The smallest absolute Gasteiger partial charge is 0.0247 e. The van der Waals surface area contributed by atoms with Crippen molar-refractivity contribution in [3.63, 3.8) is 0 Å². The molecule has 1 fully saturated rings. The van der Waals surface area contributed by atoms with E-state index in [1.54, 1.807) is 0 Å². The van der Waals surface area contributed by atoms with E-state index in [1.165, 1.54) is 11.1 Å². The van der Waals surface area contributed by atoms with E-state index in [4.69, 9.17) is 0 Å². The van der Waals surface area contributed by atoms with Crippen molar-refractivity contribution in [3.8, 4) is 0 Å². The van der Waals surface area contributed by atoms with Crippen LogP contribution in [0.25, 0.3) is 0 Å². The van der Waals surface area contributed by atoms with Crippen LogP contribution in [0.1, 0.15) is 38.8 Å². The third-order valence-corrected chi connectivity index (χ3v) is 4.70. The maximum Gasteiger partial charge on any atom is 0.0247 e. The molecule has 0 bridgehead atoms. The standard InChI is InChI=1S/C18H30N2/c1-13(2)17-12-20(18(10-19-17)14(3)4)11-16-9-7-6-8-15(16)5/h6-9,13-14,17-19H,10-12H2,1-5H3. The molecule has 0 spiro atoms. The van der Waals surface area contributed by atoms with Gasteiger partial charge in [-0.05, 0) is 29.9 Å². The number of piperazine rings is 1. The maximum atomic E-state index is 3.74. The first-order valence-corrected chi connectivity index (χ1v) is 8.01. The first-order valence-electron chi connectivity index (χ1n) is 8.01. The number of rotatable bonds is 4. The second kappa shape index (κ2) is 6.73. The Labute approximate surface area is 124 Å². The fourth-order valence-corrected chi connectivity index (χ4v) is 3.15. The van der Waals surface area contributed by atoms with E-state index in [9.17, 15) is 0 Å². The number of aryl methyl sites for hydroxylation is 1. The second-order valence-corrected chi connectivity index (χ2v) is 6.93. The largest absolute Gasteiger partial charge is 0.311 e. The molecule has 2 heteroatoms. The highest BCUT2D eigenvalue weighted by molar-refractivity contribution is 5.25. The van der Waals surface area contributed by atoms with Gasteiger partial charge < -0.3 is 5.32 Å². The zero-order chi connectivity index (χ0) is 14.7. The van der Waals surface area contributed by atoms with Gasteiger partial charge in [-0.25, -0.2) is 0 Å². The van der Waals surface area contributed by atoms with Crippen LogP contribution in [0.4, 0.5) is 0 Å². The average molecular weight is 274 g/mol. The quantitative estimate of drug-likeness (QED) is 0.904. The molecule has 0 aromatic heterocycles. The van der Waals surface area contributed by atoms with E-state index in [0.717, 1.165) is 19.6 Å². The topological polar surface area (TPSA) is 15.3 Å². The Morgan fingerprint density at radius 2 is 1.85 bits per heavy atom. The molecule has 0 amide bonds. The van der Waals surface area contributed by atoms with Crippen LogP contribution in [0, 0.1) is 18.8 Å². The van der Waals surface area contributed by atoms with Gasteiger partial charge in [-0.2, -0.15) is 0 Å². The predicted octanol–water partition coefficient (Wildman–Crippen LogP) is 3.45. The third kappa shape index (κ3) is 3.62. The van der Waals surface area contributed by atoms with E-state index in [2.05, 4.69) is 69.1 Å². The second-order valence-electron chi connectivity index (χ2n) is 6.93. The zero-order valence-corrected chi connectivity index (χ0v) is 13.7. The molecule has 1 aromatic carbocycles. The van der Waals surface area contributed by atoms with Crippen LogP contribution >= 0.6 is 0 Å². The molecular formula is C18H30N2. The number of nitrogens with zero attached hydrogens (tertiary/aromatic N) is 1. The van der Waals surface area contributed by atoms with Crippen molar-refractivity contribution >= 4 is 0 Å². The molecule has 1 aromatic rings. The van der Waals surface area contributed by atoms with Crippen molar-refractivity contribution in [3.05, 3.63) is 35.4 Å². The highest BCUT2D eigenvalue weighted by atomic mass is 15.2. The molecule has 2 nitrogen and oxygen atoms in total. The van der Waals surface area contributed by atoms with Gasteiger partial charge in [0, 0.05) is 31.7 Å². The lowest BCUT2D eigenvalue weighted by molar-refractivity contribution is 0.0782. The molecule has 1 N–H and O–H groups in total. The van der Waals surface area contributed by atoms with Crippen molar-refractivity contribution in [2.75, 3.05) is 13.1 Å². The fourth-order valence-electron chi connectivity index (χ4n) is 3.15. The summed E-state index contributed by atoms with van der Waals surface area (Å²) in [4.78, 5) is 2.69. The SMILES string of the molecule is Cc1ccccc1CN1CC(C(C)C)NCC1C(C)C. The van der Waals surface area contributed by atoms with Gasteiger partial charge in [-0.15, -0.1) is 0 Å². The van der Waals surface area contributed by atoms with Gasteiger partial charge in [0.05, 0.1) is 0 Å². The van der Waals surface area contributed by atoms with Crippen LogP contribution in [0.2, 0.25) is 0 Å². The number of hydrogen-bond donors (Lipinski definition) is 1. The Hall–Kier alpha value is -0.860. The Morgan fingerprint density at radius 3 is 2.45 bits per heavy atom. The summed E-state index contributed by atoms with van der Waals surface area (Å²) in [6.07, 6.45) is 0. The molecule has 1 aliphatic heterocycles. The lowest BCUT2D eigenvalue weighted by Gasteiger charge is -2.44. The zero-order valence-electron chi connectivity index (χ0n) is 13.7. The minimum absolute atomic E-state index is 0.619. The highest BCUT2D eigenvalue weighted by Crippen LogP contribution is 2.21.